The molecule has 1 saturated heterocycles. The van der Waals surface area contributed by atoms with Gasteiger partial charge in [0.1, 0.15) is 5.69 Å². The van der Waals surface area contributed by atoms with Gasteiger partial charge in [-0.1, -0.05) is 29.5 Å². The Morgan fingerprint density at radius 2 is 1.86 bits per heavy atom. The molecule has 3 aromatic rings. The highest BCUT2D eigenvalue weighted by Crippen LogP contribution is 2.40. The number of halogens is 3. The van der Waals surface area contributed by atoms with E-state index in [1.54, 1.807) is 31.0 Å². The minimum Gasteiger partial charge on any atom is -0.394 e. The van der Waals surface area contributed by atoms with Gasteiger partial charge in [0, 0.05) is 17.8 Å². The Morgan fingerprint density at radius 1 is 1.17 bits per heavy atom. The number of nitrogens with zero attached hydrogens (tertiary/aromatic N) is 6. The number of aliphatic hydroxyl groups excluding tert-OH is 2. The molecule has 0 aliphatic carbocycles. The van der Waals surface area contributed by atoms with Gasteiger partial charge in [0.15, 0.2) is 11.3 Å². The van der Waals surface area contributed by atoms with Crippen LogP contribution in [0.2, 0.25) is 0 Å². The fourth-order valence-corrected chi connectivity index (χ4v) is 4.58. The largest absolute Gasteiger partial charge is 0.417 e. The number of benzene rings is 2. The number of thiocarbonyl (C=S) groups is 1. The van der Waals surface area contributed by atoms with Gasteiger partial charge < -0.3 is 15.1 Å². The molecule has 188 valence electrons. The lowest BCUT2D eigenvalue weighted by molar-refractivity contribution is -0.137. The summed E-state index contributed by atoms with van der Waals surface area (Å²) >= 11 is 5.60. The number of hydrogen-bond donors (Lipinski definition) is 2. The quantitative estimate of drug-likeness (QED) is 0.480. The lowest BCUT2D eigenvalue weighted by Gasteiger charge is -2.33. The normalized spacial score (nSPS) is 17.5. The van der Waals surface area contributed by atoms with E-state index in [2.05, 4.69) is 10.3 Å². The number of nitriles is 1. The topological polar surface area (TPSA) is 101 Å². The molecule has 1 unspecified atom stereocenters. The summed E-state index contributed by atoms with van der Waals surface area (Å²) in [5.41, 5.74) is -0.120. The highest BCUT2D eigenvalue weighted by atomic mass is 32.1. The first kappa shape index (κ1) is 25.6. The molecule has 4 rings (SSSR count). The zero-order chi connectivity index (χ0) is 26.3. The van der Waals surface area contributed by atoms with Crippen LogP contribution in [0.5, 0.6) is 0 Å². The van der Waals surface area contributed by atoms with Crippen molar-refractivity contribution in [3.05, 3.63) is 65.4 Å². The van der Waals surface area contributed by atoms with Crippen molar-refractivity contribution in [1.82, 2.24) is 19.9 Å². The number of hydrogen-bond acceptors (Lipinski definition) is 6. The number of alkyl halides is 3. The van der Waals surface area contributed by atoms with Crippen molar-refractivity contribution >= 4 is 23.0 Å². The molecule has 2 heterocycles. The van der Waals surface area contributed by atoms with Crippen molar-refractivity contribution in [2.75, 3.05) is 11.5 Å². The predicted octanol–water partition coefficient (Wildman–Crippen LogP) is 3.53. The second-order valence-corrected chi connectivity index (χ2v) is 9.26. The van der Waals surface area contributed by atoms with Crippen LogP contribution in [0.1, 0.15) is 30.5 Å². The number of aromatic nitrogens is 3. The van der Waals surface area contributed by atoms with E-state index >= 15 is 0 Å². The van der Waals surface area contributed by atoms with Gasteiger partial charge in [0.25, 0.3) is 0 Å². The first-order valence-corrected chi connectivity index (χ1v) is 11.4. The van der Waals surface area contributed by atoms with E-state index in [4.69, 9.17) is 22.6 Å². The van der Waals surface area contributed by atoms with Crippen LogP contribution in [-0.4, -0.2) is 53.6 Å². The molecule has 1 aliphatic heterocycles. The van der Waals surface area contributed by atoms with Crippen LogP contribution in [0.15, 0.2) is 48.7 Å². The van der Waals surface area contributed by atoms with E-state index in [9.17, 15) is 18.3 Å². The van der Waals surface area contributed by atoms with Gasteiger partial charge in [-0.25, -0.2) is 4.68 Å². The maximum Gasteiger partial charge on any atom is 0.417 e. The van der Waals surface area contributed by atoms with Crippen molar-refractivity contribution in [2.45, 2.75) is 44.9 Å². The second-order valence-electron chi connectivity index (χ2n) is 8.89. The van der Waals surface area contributed by atoms with Crippen molar-refractivity contribution in [1.29, 1.82) is 5.26 Å². The van der Waals surface area contributed by atoms with Gasteiger partial charge in [-0.05, 0) is 49.8 Å². The number of aliphatic hydroxyl groups is 2. The fourth-order valence-electron chi connectivity index (χ4n) is 4.08. The minimum absolute atomic E-state index is 0.0455. The van der Waals surface area contributed by atoms with Gasteiger partial charge in [-0.15, -0.1) is 5.10 Å². The van der Waals surface area contributed by atoms with Crippen LogP contribution in [-0.2, 0) is 19.3 Å². The second kappa shape index (κ2) is 9.50. The monoisotopic (exact) mass is 516 g/mol. The lowest BCUT2D eigenvalue weighted by Crippen LogP contribution is -2.46. The summed E-state index contributed by atoms with van der Waals surface area (Å²) in [6, 6.07) is 12.3. The van der Waals surface area contributed by atoms with E-state index in [1.807, 2.05) is 24.3 Å². The first-order chi connectivity index (χ1) is 17.0. The van der Waals surface area contributed by atoms with E-state index in [-0.39, 0.29) is 17.4 Å². The van der Waals surface area contributed by atoms with E-state index < -0.39 is 29.1 Å². The average Bonchev–Trinajstić information content (AvgIpc) is 3.36. The van der Waals surface area contributed by atoms with Gasteiger partial charge in [-0.2, -0.15) is 18.4 Å². The third-order valence-electron chi connectivity index (χ3n) is 6.17. The molecular weight excluding hydrogens is 493 g/mol. The van der Waals surface area contributed by atoms with E-state index in [0.29, 0.717) is 18.8 Å². The number of anilines is 1. The molecule has 12 heteroatoms. The van der Waals surface area contributed by atoms with Crippen LogP contribution in [0.4, 0.5) is 18.9 Å². The van der Waals surface area contributed by atoms with Crippen LogP contribution < -0.4 is 4.90 Å². The molecule has 36 heavy (non-hydrogen) atoms. The Bertz CT molecular complexity index is 1320. The van der Waals surface area contributed by atoms with Crippen LogP contribution >= 0.6 is 12.2 Å². The van der Waals surface area contributed by atoms with E-state index in [0.717, 1.165) is 23.3 Å². The summed E-state index contributed by atoms with van der Waals surface area (Å²) in [4.78, 5) is 3.03. The third kappa shape index (κ3) is 4.65. The highest BCUT2D eigenvalue weighted by Gasteiger charge is 2.49. The zero-order valence-electron chi connectivity index (χ0n) is 19.4. The fraction of sp³-hybridized carbons (Fsp3) is 0.333. The smallest absolute Gasteiger partial charge is 0.394 e. The van der Waals surface area contributed by atoms with Gasteiger partial charge in [0.2, 0.25) is 0 Å². The predicted molar refractivity (Wildman–Crippen MR) is 129 cm³/mol. The summed E-state index contributed by atoms with van der Waals surface area (Å²) in [5, 5.41) is 37.4. The van der Waals surface area contributed by atoms with Crippen LogP contribution in [0, 0.1) is 11.3 Å². The van der Waals surface area contributed by atoms with Gasteiger partial charge in [0.05, 0.1) is 42.1 Å². The van der Waals surface area contributed by atoms with Gasteiger partial charge >= 0.3 is 6.18 Å². The first-order valence-electron chi connectivity index (χ1n) is 11.0. The Kier molecular flexibility index (Phi) is 6.74. The standard InChI is InChI=1S/C24H23F3N6O2S/c1-23(2)21(35)33(18-8-7-17(12-28)19(11-18)24(25,26)27)22(36)32(23)13-15-3-5-16(6-4-15)20-14-31(9-10-34)30-29-20/h3-8,11,14,21,34-35H,9-10,13H2,1-2H3. The van der Waals surface area contributed by atoms with Crippen LogP contribution in [0.25, 0.3) is 11.3 Å². The molecule has 0 radical (unpaired) electrons. The SMILES string of the molecule is CC1(C)C(O)N(c2ccc(C#N)c(C(F)(F)F)c2)C(=S)N1Cc1ccc(-c2cn(CCO)nn2)cc1. The third-order valence-corrected chi connectivity index (χ3v) is 6.59. The van der Waals surface area contributed by atoms with Crippen molar-refractivity contribution in [2.24, 2.45) is 0 Å². The molecule has 2 N–H and O–H groups in total. The van der Waals surface area contributed by atoms with Crippen molar-refractivity contribution in [3.63, 3.8) is 0 Å². The molecule has 1 atom stereocenters. The molecule has 1 aliphatic rings. The molecular formula is C24H23F3N6O2S. The Balaban J connectivity index is 1.59. The molecule has 0 saturated carbocycles. The zero-order valence-corrected chi connectivity index (χ0v) is 20.3. The molecule has 0 spiro atoms. The molecule has 0 bridgehead atoms. The summed E-state index contributed by atoms with van der Waals surface area (Å²) in [6.45, 7) is 4.11. The minimum atomic E-state index is -4.73. The molecule has 1 aromatic heterocycles. The Morgan fingerprint density at radius 3 is 2.47 bits per heavy atom. The molecule has 0 amide bonds. The van der Waals surface area contributed by atoms with Crippen molar-refractivity contribution < 1.29 is 23.4 Å². The highest BCUT2D eigenvalue weighted by molar-refractivity contribution is 7.80. The maximum atomic E-state index is 13.5. The lowest BCUT2D eigenvalue weighted by atomic mass is 10.0. The molecule has 8 nitrogen and oxygen atoms in total. The Labute approximate surface area is 210 Å². The number of rotatable bonds is 6. The summed E-state index contributed by atoms with van der Waals surface area (Å²) in [5.74, 6) is 0. The summed E-state index contributed by atoms with van der Waals surface area (Å²) in [6.07, 6.45) is -4.22. The van der Waals surface area contributed by atoms with Gasteiger partial charge in [-0.3, -0.25) is 4.90 Å². The summed E-state index contributed by atoms with van der Waals surface area (Å²) in [7, 11) is 0. The molecule has 2 aromatic carbocycles. The van der Waals surface area contributed by atoms with E-state index in [1.165, 1.54) is 15.6 Å². The summed E-state index contributed by atoms with van der Waals surface area (Å²) < 4.78 is 42.1. The average molecular weight is 517 g/mol. The van der Waals surface area contributed by atoms with Crippen LogP contribution in [0.3, 0.4) is 0 Å². The maximum absolute atomic E-state index is 13.5. The van der Waals surface area contributed by atoms with Crippen molar-refractivity contribution in [3.8, 4) is 17.3 Å². The Hall–Kier alpha value is -3.53. The molecule has 1 fully saturated rings.